The van der Waals surface area contributed by atoms with E-state index in [0.717, 1.165) is 12.8 Å². The maximum absolute atomic E-state index is 10.9. The van der Waals surface area contributed by atoms with Gasteiger partial charge in [-0.1, -0.05) is 19.1 Å². The van der Waals surface area contributed by atoms with Crippen molar-refractivity contribution in [3.8, 4) is 0 Å². The molecule has 3 atom stereocenters. The molecule has 1 amide bonds. The molecular formula is C10H18N2O. The van der Waals surface area contributed by atoms with Crippen molar-refractivity contribution in [3.63, 3.8) is 0 Å². The van der Waals surface area contributed by atoms with Crippen LogP contribution in [0.2, 0.25) is 0 Å². The Morgan fingerprint density at radius 2 is 2.31 bits per heavy atom. The van der Waals surface area contributed by atoms with Crippen LogP contribution >= 0.6 is 0 Å². The fraction of sp³-hybridized carbons (Fsp3) is 0.700. The summed E-state index contributed by atoms with van der Waals surface area (Å²) in [6.07, 6.45) is 5.89. The summed E-state index contributed by atoms with van der Waals surface area (Å²) >= 11 is 0. The summed E-state index contributed by atoms with van der Waals surface area (Å²) in [7, 11) is 0. The SMILES string of the molecule is CC(C(N)=O)C1C=CC(C)(N)CC1. The van der Waals surface area contributed by atoms with Gasteiger partial charge < -0.3 is 11.5 Å². The molecule has 4 N–H and O–H groups in total. The molecule has 0 heterocycles. The van der Waals surface area contributed by atoms with Gasteiger partial charge in [-0.3, -0.25) is 4.79 Å². The number of carbonyl (C=O) groups is 1. The summed E-state index contributed by atoms with van der Waals surface area (Å²) in [5.41, 5.74) is 10.9. The lowest BCUT2D eigenvalue weighted by atomic mass is 9.79. The number of amides is 1. The van der Waals surface area contributed by atoms with Crippen LogP contribution in [-0.4, -0.2) is 11.4 Å². The van der Waals surface area contributed by atoms with Crippen LogP contribution in [0.5, 0.6) is 0 Å². The summed E-state index contributed by atoms with van der Waals surface area (Å²) in [5.74, 6) is -0.0308. The summed E-state index contributed by atoms with van der Waals surface area (Å²) in [6.45, 7) is 3.87. The van der Waals surface area contributed by atoms with Gasteiger partial charge in [0.25, 0.3) is 0 Å². The Morgan fingerprint density at radius 3 is 2.69 bits per heavy atom. The van der Waals surface area contributed by atoms with Crippen LogP contribution < -0.4 is 11.5 Å². The Morgan fingerprint density at radius 1 is 1.69 bits per heavy atom. The minimum Gasteiger partial charge on any atom is -0.369 e. The largest absolute Gasteiger partial charge is 0.369 e. The Kier molecular flexibility index (Phi) is 2.76. The second-order valence-electron chi connectivity index (χ2n) is 4.26. The molecule has 3 heteroatoms. The number of hydrogen-bond acceptors (Lipinski definition) is 2. The van der Waals surface area contributed by atoms with Crippen molar-refractivity contribution in [2.75, 3.05) is 0 Å². The van der Waals surface area contributed by atoms with E-state index in [1.54, 1.807) is 0 Å². The van der Waals surface area contributed by atoms with E-state index >= 15 is 0 Å². The molecule has 0 aromatic heterocycles. The molecule has 13 heavy (non-hydrogen) atoms. The van der Waals surface area contributed by atoms with Crippen LogP contribution in [0, 0.1) is 11.8 Å². The number of nitrogens with two attached hydrogens (primary N) is 2. The normalized spacial score (nSPS) is 35.8. The van der Waals surface area contributed by atoms with Crippen LogP contribution in [0.4, 0.5) is 0 Å². The molecule has 74 valence electrons. The molecule has 0 fully saturated rings. The van der Waals surface area contributed by atoms with Crippen LogP contribution in [0.25, 0.3) is 0 Å². The molecule has 1 aliphatic carbocycles. The van der Waals surface area contributed by atoms with E-state index in [-0.39, 0.29) is 23.3 Å². The van der Waals surface area contributed by atoms with Gasteiger partial charge in [0.05, 0.1) is 0 Å². The Balaban J connectivity index is 2.63. The van der Waals surface area contributed by atoms with E-state index in [4.69, 9.17) is 11.5 Å². The van der Waals surface area contributed by atoms with Gasteiger partial charge in [0.1, 0.15) is 0 Å². The molecule has 0 aromatic rings. The van der Waals surface area contributed by atoms with Gasteiger partial charge in [0.15, 0.2) is 0 Å². The zero-order valence-electron chi connectivity index (χ0n) is 8.29. The topological polar surface area (TPSA) is 69.1 Å². The highest BCUT2D eigenvalue weighted by Gasteiger charge is 2.27. The zero-order chi connectivity index (χ0) is 10.1. The number of rotatable bonds is 2. The van der Waals surface area contributed by atoms with Crippen molar-refractivity contribution in [1.82, 2.24) is 0 Å². The van der Waals surface area contributed by atoms with Gasteiger partial charge in [0.2, 0.25) is 5.91 Å². The Labute approximate surface area is 79.2 Å². The lowest BCUT2D eigenvalue weighted by molar-refractivity contribution is -0.122. The van der Waals surface area contributed by atoms with E-state index < -0.39 is 0 Å². The van der Waals surface area contributed by atoms with Gasteiger partial charge in [-0.05, 0) is 25.7 Å². The maximum atomic E-state index is 10.9. The summed E-state index contributed by atoms with van der Waals surface area (Å²) in [6, 6.07) is 0. The molecule has 0 aromatic carbocycles. The second-order valence-corrected chi connectivity index (χ2v) is 4.26. The van der Waals surface area contributed by atoms with Crippen LogP contribution in [-0.2, 0) is 4.79 Å². The first-order valence-corrected chi connectivity index (χ1v) is 4.70. The molecule has 0 spiro atoms. The third kappa shape index (κ3) is 2.56. The molecule has 0 saturated heterocycles. The van der Waals surface area contributed by atoms with Gasteiger partial charge in [0, 0.05) is 11.5 Å². The first-order valence-electron chi connectivity index (χ1n) is 4.70. The predicted octanol–water partition coefficient (Wildman–Crippen LogP) is 0.791. The third-order valence-electron chi connectivity index (χ3n) is 2.83. The third-order valence-corrected chi connectivity index (χ3v) is 2.83. The lowest BCUT2D eigenvalue weighted by Crippen LogP contribution is -2.38. The van der Waals surface area contributed by atoms with Crippen LogP contribution in [0.3, 0.4) is 0 Å². The van der Waals surface area contributed by atoms with Gasteiger partial charge in [-0.15, -0.1) is 0 Å². The lowest BCUT2D eigenvalue weighted by Gasteiger charge is -2.30. The number of primary amides is 1. The van der Waals surface area contributed by atoms with E-state index in [0.29, 0.717) is 0 Å². The molecule has 1 aliphatic rings. The van der Waals surface area contributed by atoms with E-state index in [2.05, 4.69) is 0 Å². The molecular weight excluding hydrogens is 164 g/mol. The first kappa shape index (κ1) is 10.3. The Hall–Kier alpha value is -0.830. The molecule has 0 bridgehead atoms. The van der Waals surface area contributed by atoms with Crippen molar-refractivity contribution in [1.29, 1.82) is 0 Å². The highest BCUT2D eigenvalue weighted by atomic mass is 16.1. The standard InChI is InChI=1S/C10H18N2O/c1-7(9(11)13)8-3-5-10(2,12)6-4-8/h3,5,7-8H,4,6,12H2,1-2H3,(H2,11,13). The molecule has 3 nitrogen and oxygen atoms in total. The minimum atomic E-state index is -0.227. The predicted molar refractivity (Wildman–Crippen MR) is 52.8 cm³/mol. The maximum Gasteiger partial charge on any atom is 0.220 e. The van der Waals surface area contributed by atoms with Gasteiger partial charge in [-0.25, -0.2) is 0 Å². The molecule has 3 unspecified atom stereocenters. The van der Waals surface area contributed by atoms with Crippen molar-refractivity contribution >= 4 is 5.91 Å². The zero-order valence-corrected chi connectivity index (χ0v) is 8.29. The minimum absolute atomic E-state index is 0.0765. The van der Waals surface area contributed by atoms with Crippen LogP contribution in [0.15, 0.2) is 12.2 Å². The summed E-state index contributed by atoms with van der Waals surface area (Å²) in [4.78, 5) is 10.9. The van der Waals surface area contributed by atoms with Crippen molar-refractivity contribution in [3.05, 3.63) is 12.2 Å². The van der Waals surface area contributed by atoms with Gasteiger partial charge in [-0.2, -0.15) is 0 Å². The highest BCUT2D eigenvalue weighted by molar-refractivity contribution is 5.76. The van der Waals surface area contributed by atoms with Crippen LogP contribution in [0.1, 0.15) is 26.7 Å². The smallest absolute Gasteiger partial charge is 0.220 e. The monoisotopic (exact) mass is 182 g/mol. The summed E-state index contributed by atoms with van der Waals surface area (Å²) < 4.78 is 0. The fourth-order valence-electron chi connectivity index (χ4n) is 1.63. The number of carbonyl (C=O) groups excluding carboxylic acids is 1. The van der Waals surface area contributed by atoms with Gasteiger partial charge >= 0.3 is 0 Å². The average Bonchev–Trinajstić information content (AvgIpc) is 2.03. The van der Waals surface area contributed by atoms with Crippen molar-refractivity contribution < 1.29 is 4.79 Å². The van der Waals surface area contributed by atoms with E-state index in [1.165, 1.54) is 0 Å². The highest BCUT2D eigenvalue weighted by Crippen LogP contribution is 2.28. The quantitative estimate of drug-likeness (QED) is 0.620. The van der Waals surface area contributed by atoms with Crippen molar-refractivity contribution in [2.45, 2.75) is 32.2 Å². The summed E-state index contributed by atoms with van der Waals surface area (Å²) in [5, 5.41) is 0. The molecule has 0 saturated carbocycles. The fourth-order valence-corrected chi connectivity index (χ4v) is 1.63. The molecule has 0 aliphatic heterocycles. The first-order chi connectivity index (χ1) is 5.92. The number of hydrogen-bond donors (Lipinski definition) is 2. The molecule has 1 rings (SSSR count). The second kappa shape index (κ2) is 3.50. The van der Waals surface area contributed by atoms with E-state index in [1.807, 2.05) is 26.0 Å². The van der Waals surface area contributed by atoms with Crippen molar-refractivity contribution in [2.24, 2.45) is 23.3 Å². The Bertz CT molecular complexity index is 233. The number of allylic oxidation sites excluding steroid dienone is 1. The van der Waals surface area contributed by atoms with E-state index in [9.17, 15) is 4.79 Å². The average molecular weight is 182 g/mol. The molecule has 0 radical (unpaired) electrons.